The molecule has 3 rings (SSSR count). The summed E-state index contributed by atoms with van der Waals surface area (Å²) in [7, 11) is -1.06. The molecule has 1 atom stereocenters. The van der Waals surface area contributed by atoms with Crippen LogP contribution in [0.1, 0.15) is 0 Å². The van der Waals surface area contributed by atoms with E-state index in [0.29, 0.717) is 27.7 Å². The number of rotatable bonds is 5. The number of hydrogen-bond donors (Lipinski definition) is 1. The fourth-order valence-corrected chi connectivity index (χ4v) is 4.13. The van der Waals surface area contributed by atoms with Gasteiger partial charge in [-0.3, -0.25) is 4.21 Å². The number of nitrogens with one attached hydrogen (secondary N) is 1. The van der Waals surface area contributed by atoms with Crippen molar-refractivity contribution in [2.45, 2.75) is 10.1 Å². The molecule has 1 aromatic heterocycles. The minimum absolute atomic E-state index is 0.380. The normalized spacial score (nSPS) is 12.6. The van der Waals surface area contributed by atoms with Crippen molar-refractivity contribution in [1.82, 2.24) is 9.97 Å². The van der Waals surface area contributed by atoms with Gasteiger partial charge in [-0.1, -0.05) is 30.0 Å². The minimum atomic E-state index is -1.06. The summed E-state index contributed by atoms with van der Waals surface area (Å²) in [5, 5.41) is 0.560. The molecule has 2 aromatic carbocycles. The summed E-state index contributed by atoms with van der Waals surface area (Å²) in [5.74, 6) is -0.751. The first kappa shape index (κ1) is 15.2. The number of H-pyrrole nitrogens is 1. The third-order valence-corrected chi connectivity index (χ3v) is 5.52. The number of thioether (sulfide) groups is 1. The van der Waals surface area contributed by atoms with E-state index in [1.807, 2.05) is 30.3 Å². The van der Waals surface area contributed by atoms with Crippen molar-refractivity contribution in [3.63, 3.8) is 0 Å². The standard InChI is InChI=1S/C15H12F2N2OS2/c16-11-8-13-14(9-12(11)17)19-15(18-13)21-6-7-22(20)10-4-2-1-3-5-10/h1-5,8-9H,6-7H2,(H,18,19)/t22-/m0/s1. The largest absolute Gasteiger partial charge is 0.333 e. The molecule has 0 aliphatic heterocycles. The van der Waals surface area contributed by atoms with Gasteiger partial charge in [0.1, 0.15) is 0 Å². The van der Waals surface area contributed by atoms with Crippen LogP contribution in [-0.2, 0) is 10.8 Å². The zero-order chi connectivity index (χ0) is 15.5. The van der Waals surface area contributed by atoms with Gasteiger partial charge in [-0.05, 0) is 12.1 Å². The number of aromatic nitrogens is 2. The van der Waals surface area contributed by atoms with E-state index in [0.717, 1.165) is 17.0 Å². The number of nitrogens with zero attached hydrogens (tertiary/aromatic N) is 1. The first-order valence-corrected chi connectivity index (χ1v) is 8.85. The third-order valence-electron chi connectivity index (χ3n) is 3.02. The van der Waals surface area contributed by atoms with Crippen LogP contribution >= 0.6 is 11.8 Å². The number of benzene rings is 2. The molecule has 7 heteroatoms. The molecular weight excluding hydrogens is 326 g/mol. The summed E-state index contributed by atoms with van der Waals surface area (Å²) in [6.45, 7) is 0. The fourth-order valence-electron chi connectivity index (χ4n) is 1.95. The molecule has 0 amide bonds. The van der Waals surface area contributed by atoms with Crippen molar-refractivity contribution >= 4 is 33.6 Å². The van der Waals surface area contributed by atoms with Crippen LogP contribution in [0.2, 0.25) is 0 Å². The Balaban J connectivity index is 1.63. The van der Waals surface area contributed by atoms with Crippen LogP contribution in [0.3, 0.4) is 0 Å². The van der Waals surface area contributed by atoms with E-state index in [9.17, 15) is 13.0 Å². The first-order chi connectivity index (χ1) is 10.6. The smallest absolute Gasteiger partial charge is 0.166 e. The quantitative estimate of drug-likeness (QED) is 0.721. The van der Waals surface area contributed by atoms with Gasteiger partial charge < -0.3 is 4.98 Å². The predicted octanol–water partition coefficient (Wildman–Crippen LogP) is 3.74. The van der Waals surface area contributed by atoms with Crippen molar-refractivity contribution in [3.05, 3.63) is 54.1 Å². The lowest BCUT2D eigenvalue weighted by molar-refractivity contribution is 0.510. The van der Waals surface area contributed by atoms with Gasteiger partial charge in [-0.15, -0.1) is 0 Å². The van der Waals surface area contributed by atoms with Gasteiger partial charge in [0, 0.05) is 28.5 Å². The van der Waals surface area contributed by atoms with Gasteiger partial charge in [0.2, 0.25) is 0 Å². The molecule has 1 N–H and O–H groups in total. The van der Waals surface area contributed by atoms with Crippen LogP contribution in [0, 0.1) is 11.6 Å². The summed E-state index contributed by atoms with van der Waals surface area (Å²) < 4.78 is 38.3. The van der Waals surface area contributed by atoms with Gasteiger partial charge in [0.25, 0.3) is 0 Å². The predicted molar refractivity (Wildman–Crippen MR) is 84.5 cm³/mol. The molecule has 0 radical (unpaired) electrons. The van der Waals surface area contributed by atoms with Crippen LogP contribution < -0.4 is 0 Å². The van der Waals surface area contributed by atoms with Crippen LogP contribution in [0.4, 0.5) is 8.78 Å². The van der Waals surface area contributed by atoms with Crippen molar-refractivity contribution in [1.29, 1.82) is 0 Å². The molecule has 3 nitrogen and oxygen atoms in total. The average molecular weight is 338 g/mol. The molecule has 0 saturated carbocycles. The Morgan fingerprint density at radius 2 is 1.86 bits per heavy atom. The molecule has 0 saturated heterocycles. The summed E-state index contributed by atoms with van der Waals surface area (Å²) in [5.41, 5.74) is 0.830. The van der Waals surface area contributed by atoms with Crippen molar-refractivity contribution in [2.75, 3.05) is 11.5 Å². The SMILES string of the molecule is O=[S@@](CCSc1nc2cc(F)c(F)cc2[nH]1)c1ccccc1. The highest BCUT2D eigenvalue weighted by molar-refractivity contribution is 8.00. The molecule has 0 spiro atoms. The first-order valence-electron chi connectivity index (χ1n) is 6.54. The molecule has 0 aliphatic carbocycles. The number of aromatic amines is 1. The highest BCUT2D eigenvalue weighted by Crippen LogP contribution is 2.22. The van der Waals surface area contributed by atoms with Gasteiger partial charge in [-0.25, -0.2) is 13.8 Å². The molecule has 0 aliphatic rings. The average Bonchev–Trinajstić information content (AvgIpc) is 2.90. The zero-order valence-corrected chi connectivity index (χ0v) is 13.0. The number of fused-ring (bicyclic) bond motifs is 1. The number of halogens is 2. The number of imidazole rings is 1. The second-order valence-electron chi connectivity index (χ2n) is 4.54. The lowest BCUT2D eigenvalue weighted by atomic mass is 10.3. The van der Waals surface area contributed by atoms with Crippen LogP contribution in [-0.4, -0.2) is 25.7 Å². The van der Waals surface area contributed by atoms with Gasteiger partial charge >= 0.3 is 0 Å². The van der Waals surface area contributed by atoms with E-state index in [1.54, 1.807) is 0 Å². The Morgan fingerprint density at radius 3 is 2.64 bits per heavy atom. The topological polar surface area (TPSA) is 45.8 Å². The molecule has 1 heterocycles. The maximum Gasteiger partial charge on any atom is 0.166 e. The lowest BCUT2D eigenvalue weighted by Crippen LogP contribution is -2.00. The van der Waals surface area contributed by atoms with Gasteiger partial charge in [0.05, 0.1) is 21.8 Å². The van der Waals surface area contributed by atoms with E-state index in [2.05, 4.69) is 9.97 Å². The molecule has 0 fully saturated rings. The fraction of sp³-hybridized carbons (Fsp3) is 0.133. The maximum absolute atomic E-state index is 13.1. The number of hydrogen-bond acceptors (Lipinski definition) is 3. The second kappa shape index (κ2) is 6.58. The van der Waals surface area contributed by atoms with E-state index in [-0.39, 0.29) is 0 Å². The highest BCUT2D eigenvalue weighted by atomic mass is 32.2. The zero-order valence-electron chi connectivity index (χ0n) is 11.4. The molecule has 22 heavy (non-hydrogen) atoms. The summed E-state index contributed by atoms with van der Waals surface area (Å²) in [4.78, 5) is 7.90. The minimum Gasteiger partial charge on any atom is -0.333 e. The van der Waals surface area contributed by atoms with E-state index < -0.39 is 22.4 Å². The Labute approximate surface area is 132 Å². The maximum atomic E-state index is 13.1. The lowest BCUT2D eigenvalue weighted by Gasteiger charge is -2.00. The monoisotopic (exact) mass is 338 g/mol. The Kier molecular flexibility index (Phi) is 4.54. The third kappa shape index (κ3) is 3.36. The van der Waals surface area contributed by atoms with E-state index >= 15 is 0 Å². The molecule has 0 bridgehead atoms. The second-order valence-corrected chi connectivity index (χ2v) is 7.19. The Hall–Kier alpha value is -1.73. The molecular formula is C15H12F2N2OS2. The Bertz CT molecular complexity index is 782. The highest BCUT2D eigenvalue weighted by Gasteiger charge is 2.10. The Morgan fingerprint density at radius 1 is 1.14 bits per heavy atom. The van der Waals surface area contributed by atoms with Crippen LogP contribution in [0.5, 0.6) is 0 Å². The molecule has 3 aromatic rings. The van der Waals surface area contributed by atoms with Crippen molar-refractivity contribution in [3.8, 4) is 0 Å². The summed E-state index contributed by atoms with van der Waals surface area (Å²) in [6.07, 6.45) is 0. The van der Waals surface area contributed by atoms with Crippen LogP contribution in [0.25, 0.3) is 11.0 Å². The van der Waals surface area contributed by atoms with Crippen molar-refractivity contribution < 1.29 is 13.0 Å². The summed E-state index contributed by atoms with van der Waals surface area (Å²) >= 11 is 1.38. The van der Waals surface area contributed by atoms with Gasteiger partial charge in [-0.2, -0.15) is 0 Å². The van der Waals surface area contributed by atoms with Crippen LogP contribution in [0.15, 0.2) is 52.5 Å². The van der Waals surface area contributed by atoms with Crippen molar-refractivity contribution in [2.24, 2.45) is 0 Å². The summed E-state index contributed by atoms with van der Waals surface area (Å²) in [6, 6.07) is 11.4. The van der Waals surface area contributed by atoms with E-state index in [1.165, 1.54) is 11.8 Å². The molecule has 0 unspecified atom stereocenters. The van der Waals surface area contributed by atoms with E-state index in [4.69, 9.17) is 0 Å². The molecule has 114 valence electrons. The van der Waals surface area contributed by atoms with Gasteiger partial charge in [0.15, 0.2) is 16.8 Å².